The van der Waals surface area contributed by atoms with Gasteiger partial charge in [0.25, 0.3) is 0 Å². The Labute approximate surface area is 81.2 Å². The second kappa shape index (κ2) is 3.55. The number of carbonyl (C=O) groups is 1. The molecule has 1 fully saturated rings. The minimum Gasteiger partial charge on any atom is -0.313 e. The van der Waals surface area contributed by atoms with Gasteiger partial charge in [0.1, 0.15) is 5.69 Å². The summed E-state index contributed by atoms with van der Waals surface area (Å²) in [5.41, 5.74) is 0.626. The number of hydrogen-bond acceptors (Lipinski definition) is 4. The molecule has 0 aliphatic heterocycles. The maximum atomic E-state index is 11.4. The lowest BCUT2D eigenvalue weighted by Gasteiger charge is -1.93. The molecule has 0 bridgehead atoms. The quantitative estimate of drug-likeness (QED) is 0.741. The average molecular weight is 196 g/mol. The molecule has 1 aromatic heterocycles. The van der Waals surface area contributed by atoms with Gasteiger partial charge in [-0.3, -0.25) is 4.79 Å². The molecule has 0 aromatic carbocycles. The molecule has 1 aromatic rings. The zero-order valence-electron chi connectivity index (χ0n) is 7.54. The summed E-state index contributed by atoms with van der Waals surface area (Å²) >= 11 is 1.61. The molecule has 1 N–H and O–H groups in total. The van der Waals surface area contributed by atoms with Gasteiger partial charge in [-0.1, -0.05) is 0 Å². The van der Waals surface area contributed by atoms with E-state index in [1.807, 2.05) is 5.38 Å². The summed E-state index contributed by atoms with van der Waals surface area (Å²) in [4.78, 5) is 15.7. The largest absolute Gasteiger partial charge is 0.313 e. The number of aromatic nitrogens is 1. The zero-order valence-corrected chi connectivity index (χ0v) is 8.36. The first kappa shape index (κ1) is 8.84. The fraction of sp³-hybridized carbons (Fsp3) is 0.556. The number of rotatable bonds is 4. The summed E-state index contributed by atoms with van der Waals surface area (Å²) in [6, 6.07) is 0. The maximum absolute atomic E-state index is 11.4. The summed E-state index contributed by atoms with van der Waals surface area (Å²) in [5.74, 6) is 0.742. The van der Waals surface area contributed by atoms with Gasteiger partial charge in [-0.15, -0.1) is 11.3 Å². The lowest BCUT2D eigenvalue weighted by atomic mass is 10.3. The molecule has 0 amide bonds. The Balaban J connectivity index is 2.07. The number of hydrogen-bond donors (Lipinski definition) is 1. The first-order valence-corrected chi connectivity index (χ1v) is 5.32. The molecule has 1 aliphatic rings. The van der Waals surface area contributed by atoms with Gasteiger partial charge in [-0.05, 0) is 19.9 Å². The van der Waals surface area contributed by atoms with E-state index in [2.05, 4.69) is 10.3 Å². The maximum Gasteiger partial charge on any atom is 0.195 e. The fourth-order valence-electron chi connectivity index (χ4n) is 1.18. The van der Waals surface area contributed by atoms with Gasteiger partial charge in [-0.2, -0.15) is 0 Å². The summed E-state index contributed by atoms with van der Waals surface area (Å²) in [7, 11) is 1.77. The van der Waals surface area contributed by atoms with Crippen molar-refractivity contribution in [3.8, 4) is 0 Å². The molecule has 0 saturated heterocycles. The van der Waals surface area contributed by atoms with Crippen molar-refractivity contribution < 1.29 is 4.79 Å². The van der Waals surface area contributed by atoms with Crippen molar-refractivity contribution in [2.45, 2.75) is 18.8 Å². The molecule has 1 heterocycles. The van der Waals surface area contributed by atoms with Crippen LogP contribution in [0.5, 0.6) is 0 Å². The van der Waals surface area contributed by atoms with Crippen LogP contribution in [-0.2, 0) is 0 Å². The van der Waals surface area contributed by atoms with Crippen LogP contribution in [0.3, 0.4) is 0 Å². The Bertz CT molecular complexity index is 317. The minimum absolute atomic E-state index is 0.0886. The predicted molar refractivity (Wildman–Crippen MR) is 52.3 cm³/mol. The molecule has 0 unspecified atom stereocenters. The number of ketones is 1. The minimum atomic E-state index is 0.0886. The molecule has 3 nitrogen and oxygen atoms in total. The van der Waals surface area contributed by atoms with Crippen LogP contribution >= 0.6 is 11.3 Å². The second-order valence-electron chi connectivity index (χ2n) is 3.30. The molecule has 0 radical (unpaired) electrons. The van der Waals surface area contributed by atoms with E-state index in [9.17, 15) is 4.79 Å². The molecule has 1 saturated carbocycles. The van der Waals surface area contributed by atoms with Gasteiger partial charge < -0.3 is 5.32 Å². The first-order valence-electron chi connectivity index (χ1n) is 4.44. The smallest absolute Gasteiger partial charge is 0.195 e. The molecule has 70 valence electrons. The third kappa shape index (κ3) is 1.95. The normalized spacial score (nSPS) is 16.1. The fourth-order valence-corrected chi connectivity index (χ4v) is 2.18. The molecular formula is C9H12N2OS. The topological polar surface area (TPSA) is 42.0 Å². The third-order valence-electron chi connectivity index (χ3n) is 2.07. The Morgan fingerprint density at radius 1 is 1.77 bits per heavy atom. The van der Waals surface area contributed by atoms with E-state index >= 15 is 0 Å². The van der Waals surface area contributed by atoms with Crippen molar-refractivity contribution in [1.29, 1.82) is 0 Å². The van der Waals surface area contributed by atoms with Crippen molar-refractivity contribution in [3.63, 3.8) is 0 Å². The van der Waals surface area contributed by atoms with Crippen LogP contribution < -0.4 is 5.32 Å². The Morgan fingerprint density at radius 2 is 2.54 bits per heavy atom. The van der Waals surface area contributed by atoms with Gasteiger partial charge in [0, 0.05) is 11.3 Å². The summed E-state index contributed by atoms with van der Waals surface area (Å²) < 4.78 is 0. The molecule has 13 heavy (non-hydrogen) atoms. The summed E-state index contributed by atoms with van der Waals surface area (Å²) in [5, 5.41) is 5.84. The SMILES string of the molecule is CNCC(=O)c1csc(C2CC2)n1. The highest BCUT2D eigenvalue weighted by Crippen LogP contribution is 2.41. The number of thiazole rings is 1. The molecule has 0 atom stereocenters. The lowest BCUT2D eigenvalue weighted by Crippen LogP contribution is -2.18. The molecular weight excluding hydrogens is 184 g/mol. The number of carbonyl (C=O) groups excluding carboxylic acids is 1. The average Bonchev–Trinajstić information content (AvgIpc) is 2.84. The highest BCUT2D eigenvalue weighted by molar-refractivity contribution is 7.10. The number of nitrogens with one attached hydrogen (secondary N) is 1. The first-order chi connectivity index (χ1) is 6.31. The van der Waals surface area contributed by atoms with Crippen molar-refractivity contribution in [1.82, 2.24) is 10.3 Å². The van der Waals surface area contributed by atoms with Crippen LogP contribution in [0.4, 0.5) is 0 Å². The van der Waals surface area contributed by atoms with Crippen LogP contribution in [0, 0.1) is 0 Å². The van der Waals surface area contributed by atoms with E-state index in [0.717, 1.165) is 5.01 Å². The van der Waals surface area contributed by atoms with Crippen LogP contribution in [-0.4, -0.2) is 24.4 Å². The second-order valence-corrected chi connectivity index (χ2v) is 4.19. The Hall–Kier alpha value is -0.740. The van der Waals surface area contributed by atoms with Crippen LogP contribution in [0.2, 0.25) is 0 Å². The van der Waals surface area contributed by atoms with E-state index in [-0.39, 0.29) is 5.78 Å². The standard InChI is InChI=1S/C9H12N2OS/c1-10-4-8(12)7-5-13-9(11-7)6-2-3-6/h5-6,10H,2-4H2,1H3. The highest BCUT2D eigenvalue weighted by atomic mass is 32.1. The number of likely N-dealkylation sites (N-methyl/N-ethyl adjacent to an activating group) is 1. The molecule has 1 aliphatic carbocycles. The van der Waals surface area contributed by atoms with E-state index in [0.29, 0.717) is 18.2 Å². The highest BCUT2D eigenvalue weighted by Gasteiger charge is 2.27. The van der Waals surface area contributed by atoms with Gasteiger partial charge in [0.15, 0.2) is 5.78 Å². The number of Topliss-reactive ketones (excluding diaryl/α,β-unsaturated/α-hetero) is 1. The molecule has 0 spiro atoms. The van der Waals surface area contributed by atoms with Gasteiger partial charge in [-0.25, -0.2) is 4.98 Å². The van der Waals surface area contributed by atoms with Crippen LogP contribution in [0.25, 0.3) is 0 Å². The lowest BCUT2D eigenvalue weighted by molar-refractivity contribution is 0.0989. The van der Waals surface area contributed by atoms with E-state index < -0.39 is 0 Å². The van der Waals surface area contributed by atoms with Crippen molar-refractivity contribution in [3.05, 3.63) is 16.1 Å². The van der Waals surface area contributed by atoms with Crippen molar-refractivity contribution >= 4 is 17.1 Å². The van der Waals surface area contributed by atoms with Crippen molar-refractivity contribution in [2.24, 2.45) is 0 Å². The molecule has 4 heteroatoms. The monoisotopic (exact) mass is 196 g/mol. The Kier molecular flexibility index (Phi) is 2.42. The predicted octanol–water partition coefficient (Wildman–Crippen LogP) is 1.42. The van der Waals surface area contributed by atoms with Gasteiger partial charge >= 0.3 is 0 Å². The van der Waals surface area contributed by atoms with Gasteiger partial charge in [0.2, 0.25) is 0 Å². The zero-order chi connectivity index (χ0) is 9.26. The third-order valence-corrected chi connectivity index (χ3v) is 3.08. The van der Waals surface area contributed by atoms with Crippen LogP contribution in [0.1, 0.15) is 34.3 Å². The summed E-state index contributed by atoms with van der Waals surface area (Å²) in [6.45, 7) is 0.383. The van der Waals surface area contributed by atoms with Crippen molar-refractivity contribution in [2.75, 3.05) is 13.6 Å². The van der Waals surface area contributed by atoms with E-state index in [4.69, 9.17) is 0 Å². The van der Waals surface area contributed by atoms with E-state index in [1.165, 1.54) is 12.8 Å². The van der Waals surface area contributed by atoms with E-state index in [1.54, 1.807) is 18.4 Å². The molecule has 2 rings (SSSR count). The Morgan fingerprint density at radius 3 is 3.15 bits per heavy atom. The number of nitrogens with zero attached hydrogens (tertiary/aromatic N) is 1. The summed E-state index contributed by atoms with van der Waals surface area (Å²) in [6.07, 6.45) is 2.49. The van der Waals surface area contributed by atoms with Gasteiger partial charge in [0.05, 0.1) is 11.6 Å². The van der Waals surface area contributed by atoms with Crippen LogP contribution in [0.15, 0.2) is 5.38 Å².